The molecule has 0 aromatic carbocycles. The Bertz CT molecular complexity index is 296. The molecular formula is C11H18N2OS. The van der Waals surface area contributed by atoms with Crippen molar-refractivity contribution in [2.45, 2.75) is 38.8 Å². The predicted molar refractivity (Wildman–Crippen MR) is 63.8 cm³/mol. The molecule has 0 bridgehead atoms. The van der Waals surface area contributed by atoms with Gasteiger partial charge in [0.1, 0.15) is 0 Å². The van der Waals surface area contributed by atoms with Crippen LogP contribution in [0, 0.1) is 0 Å². The molecule has 0 saturated carbocycles. The number of carbonyl (C=O) groups is 1. The summed E-state index contributed by atoms with van der Waals surface area (Å²) < 4.78 is 0. The second kappa shape index (κ2) is 5.88. The maximum Gasteiger partial charge on any atom is 0.220 e. The Labute approximate surface area is 94.7 Å². The van der Waals surface area contributed by atoms with Crippen LogP contribution in [0.4, 0.5) is 0 Å². The molecule has 1 amide bonds. The van der Waals surface area contributed by atoms with E-state index < -0.39 is 0 Å². The summed E-state index contributed by atoms with van der Waals surface area (Å²) in [5.74, 6) is 0.0770. The molecule has 1 aromatic heterocycles. The number of nitrogens with one attached hydrogen (secondary N) is 1. The van der Waals surface area contributed by atoms with Crippen LogP contribution in [0.1, 0.15) is 37.6 Å². The minimum atomic E-state index is 0.0770. The van der Waals surface area contributed by atoms with Gasteiger partial charge in [-0.05, 0) is 31.7 Å². The first-order chi connectivity index (χ1) is 7.09. The number of thiophene rings is 1. The summed E-state index contributed by atoms with van der Waals surface area (Å²) in [6.45, 7) is 3.91. The van der Waals surface area contributed by atoms with Gasteiger partial charge in [-0.3, -0.25) is 4.79 Å². The van der Waals surface area contributed by atoms with Crippen LogP contribution in [-0.4, -0.2) is 11.9 Å². The highest BCUT2D eigenvalue weighted by Crippen LogP contribution is 2.18. The average Bonchev–Trinajstić information content (AvgIpc) is 2.67. The van der Waals surface area contributed by atoms with Gasteiger partial charge in [0, 0.05) is 17.3 Å². The van der Waals surface area contributed by atoms with Gasteiger partial charge in [-0.15, -0.1) is 11.3 Å². The Morgan fingerprint density at radius 2 is 2.33 bits per heavy atom. The van der Waals surface area contributed by atoms with Crippen LogP contribution in [0.3, 0.4) is 0 Å². The van der Waals surface area contributed by atoms with Crippen molar-refractivity contribution in [3.8, 4) is 0 Å². The lowest BCUT2D eigenvalue weighted by molar-refractivity contribution is -0.121. The van der Waals surface area contributed by atoms with Crippen LogP contribution in [0.15, 0.2) is 17.5 Å². The molecule has 0 aliphatic carbocycles. The highest BCUT2D eigenvalue weighted by atomic mass is 32.1. The zero-order valence-electron chi connectivity index (χ0n) is 9.19. The van der Waals surface area contributed by atoms with Crippen LogP contribution in [0.25, 0.3) is 0 Å². The first-order valence-corrected chi connectivity index (χ1v) is 6.06. The maximum atomic E-state index is 11.5. The minimum absolute atomic E-state index is 0.0770. The van der Waals surface area contributed by atoms with Crippen LogP contribution in [0.5, 0.6) is 0 Å². The van der Waals surface area contributed by atoms with Crippen LogP contribution < -0.4 is 11.1 Å². The van der Waals surface area contributed by atoms with Gasteiger partial charge in [-0.25, -0.2) is 0 Å². The van der Waals surface area contributed by atoms with Gasteiger partial charge in [-0.2, -0.15) is 0 Å². The normalized spacial score (nSPS) is 14.6. The zero-order valence-corrected chi connectivity index (χ0v) is 10.0. The molecule has 1 unspecified atom stereocenters. The number of hydrogen-bond acceptors (Lipinski definition) is 3. The van der Waals surface area contributed by atoms with E-state index in [2.05, 4.69) is 5.32 Å². The summed E-state index contributed by atoms with van der Waals surface area (Å²) >= 11 is 1.66. The standard InChI is InChI=1S/C11H18N2OS/c1-8(12)5-6-11(14)13-9(2)10-4-3-7-15-10/h3-4,7-9H,5-6,12H2,1-2H3,(H,13,14)/t8?,9-/m0/s1. The lowest BCUT2D eigenvalue weighted by Crippen LogP contribution is -2.27. The smallest absolute Gasteiger partial charge is 0.220 e. The van der Waals surface area contributed by atoms with E-state index in [-0.39, 0.29) is 18.0 Å². The third-order valence-electron chi connectivity index (χ3n) is 2.17. The number of carbonyl (C=O) groups excluding carboxylic acids is 1. The van der Waals surface area contributed by atoms with Crippen molar-refractivity contribution >= 4 is 17.2 Å². The molecule has 0 radical (unpaired) electrons. The van der Waals surface area contributed by atoms with Crippen molar-refractivity contribution in [3.05, 3.63) is 22.4 Å². The third kappa shape index (κ3) is 4.44. The molecule has 1 aromatic rings. The van der Waals surface area contributed by atoms with Gasteiger partial charge in [0.2, 0.25) is 5.91 Å². The van der Waals surface area contributed by atoms with Gasteiger partial charge in [0.05, 0.1) is 6.04 Å². The molecule has 3 N–H and O–H groups in total. The SMILES string of the molecule is CC(N)CCC(=O)N[C@@H](C)c1cccs1. The molecule has 0 aliphatic heterocycles. The molecule has 84 valence electrons. The Balaban J connectivity index is 2.32. The van der Waals surface area contributed by atoms with Gasteiger partial charge in [0.25, 0.3) is 0 Å². The van der Waals surface area contributed by atoms with Crippen LogP contribution in [-0.2, 0) is 4.79 Å². The second-order valence-corrected chi connectivity index (χ2v) is 4.80. The summed E-state index contributed by atoms with van der Waals surface area (Å²) in [6.07, 6.45) is 1.25. The van der Waals surface area contributed by atoms with Crippen molar-refractivity contribution < 1.29 is 4.79 Å². The molecule has 0 fully saturated rings. The minimum Gasteiger partial charge on any atom is -0.349 e. The van der Waals surface area contributed by atoms with E-state index >= 15 is 0 Å². The highest BCUT2D eigenvalue weighted by Gasteiger charge is 2.10. The van der Waals surface area contributed by atoms with Crippen molar-refractivity contribution in [3.63, 3.8) is 0 Å². The topological polar surface area (TPSA) is 55.1 Å². The number of hydrogen-bond donors (Lipinski definition) is 2. The molecule has 3 nitrogen and oxygen atoms in total. The van der Waals surface area contributed by atoms with Crippen LogP contribution in [0.2, 0.25) is 0 Å². The predicted octanol–water partition coefficient (Wildman–Crippen LogP) is 2.05. The maximum absolute atomic E-state index is 11.5. The Kier molecular flexibility index (Phi) is 4.78. The number of amides is 1. The molecule has 0 saturated heterocycles. The van der Waals surface area contributed by atoms with E-state index in [1.54, 1.807) is 11.3 Å². The highest BCUT2D eigenvalue weighted by molar-refractivity contribution is 7.10. The second-order valence-electron chi connectivity index (χ2n) is 3.82. The first kappa shape index (κ1) is 12.2. The number of nitrogens with two attached hydrogens (primary N) is 1. The summed E-state index contributed by atoms with van der Waals surface area (Å²) in [6, 6.07) is 4.21. The largest absolute Gasteiger partial charge is 0.349 e. The summed E-state index contributed by atoms with van der Waals surface area (Å²) in [5.41, 5.74) is 5.59. The molecule has 1 heterocycles. The monoisotopic (exact) mass is 226 g/mol. The molecule has 0 aliphatic rings. The van der Waals surface area contributed by atoms with Gasteiger partial charge in [0.15, 0.2) is 0 Å². The Hall–Kier alpha value is -0.870. The number of rotatable bonds is 5. The van der Waals surface area contributed by atoms with Gasteiger partial charge in [-0.1, -0.05) is 6.07 Å². The van der Waals surface area contributed by atoms with E-state index in [4.69, 9.17) is 5.73 Å². The Morgan fingerprint density at radius 1 is 1.60 bits per heavy atom. The lowest BCUT2D eigenvalue weighted by Gasteiger charge is -2.12. The van der Waals surface area contributed by atoms with Crippen molar-refractivity contribution in [2.75, 3.05) is 0 Å². The molecule has 15 heavy (non-hydrogen) atoms. The molecule has 2 atom stereocenters. The Morgan fingerprint density at radius 3 is 2.87 bits per heavy atom. The zero-order chi connectivity index (χ0) is 11.3. The summed E-state index contributed by atoms with van der Waals surface area (Å²) in [4.78, 5) is 12.7. The van der Waals surface area contributed by atoms with E-state index in [0.29, 0.717) is 6.42 Å². The fraction of sp³-hybridized carbons (Fsp3) is 0.545. The fourth-order valence-corrected chi connectivity index (χ4v) is 2.02. The quantitative estimate of drug-likeness (QED) is 0.807. The molecular weight excluding hydrogens is 208 g/mol. The molecule has 4 heteroatoms. The van der Waals surface area contributed by atoms with Crippen molar-refractivity contribution in [1.29, 1.82) is 0 Å². The van der Waals surface area contributed by atoms with Gasteiger partial charge >= 0.3 is 0 Å². The van der Waals surface area contributed by atoms with Crippen molar-refractivity contribution in [1.82, 2.24) is 5.32 Å². The summed E-state index contributed by atoms with van der Waals surface area (Å²) in [5, 5.41) is 4.97. The molecule has 0 spiro atoms. The fourth-order valence-electron chi connectivity index (χ4n) is 1.28. The van der Waals surface area contributed by atoms with E-state index in [0.717, 1.165) is 6.42 Å². The van der Waals surface area contributed by atoms with E-state index in [9.17, 15) is 4.79 Å². The first-order valence-electron chi connectivity index (χ1n) is 5.18. The van der Waals surface area contributed by atoms with Crippen LogP contribution >= 0.6 is 11.3 Å². The van der Waals surface area contributed by atoms with Gasteiger partial charge < -0.3 is 11.1 Å². The average molecular weight is 226 g/mol. The van der Waals surface area contributed by atoms with E-state index in [1.165, 1.54) is 4.88 Å². The lowest BCUT2D eigenvalue weighted by atomic mass is 10.2. The van der Waals surface area contributed by atoms with Crippen molar-refractivity contribution in [2.24, 2.45) is 5.73 Å². The summed E-state index contributed by atoms with van der Waals surface area (Å²) in [7, 11) is 0. The van der Waals surface area contributed by atoms with E-state index in [1.807, 2.05) is 31.4 Å². The third-order valence-corrected chi connectivity index (χ3v) is 3.23. The molecule has 1 rings (SSSR count).